The van der Waals surface area contributed by atoms with Gasteiger partial charge in [0.1, 0.15) is 11.6 Å². The van der Waals surface area contributed by atoms with Gasteiger partial charge in [-0.1, -0.05) is 17.7 Å². The summed E-state index contributed by atoms with van der Waals surface area (Å²) in [6.07, 6.45) is -4.25. The van der Waals surface area contributed by atoms with E-state index >= 15 is 0 Å². The minimum absolute atomic E-state index is 0.0746. The lowest BCUT2D eigenvalue weighted by Gasteiger charge is -2.29. The zero-order valence-electron chi connectivity index (χ0n) is 16.9. The minimum Gasteiger partial charge on any atom is -0.484 e. The molecule has 178 valence electrons. The van der Waals surface area contributed by atoms with Crippen molar-refractivity contribution in [3.8, 4) is 5.75 Å². The maximum atomic E-state index is 14.1. The molecule has 1 fully saturated rings. The van der Waals surface area contributed by atoms with Gasteiger partial charge in [0.25, 0.3) is 5.91 Å². The highest BCUT2D eigenvalue weighted by Gasteiger charge is 2.35. The summed E-state index contributed by atoms with van der Waals surface area (Å²) in [5.74, 6) is -3.26. The number of carbonyl (C=O) groups is 2. The molecule has 1 saturated heterocycles. The van der Waals surface area contributed by atoms with Crippen LogP contribution in [0.1, 0.15) is 18.4 Å². The Bertz CT molecular complexity index is 1030. The number of hydrogen-bond donors (Lipinski definition) is 3. The molecule has 0 spiro atoms. The van der Waals surface area contributed by atoms with E-state index in [9.17, 15) is 31.5 Å². The van der Waals surface area contributed by atoms with Gasteiger partial charge in [-0.05, 0) is 37.1 Å². The first-order valence-corrected chi connectivity index (χ1v) is 10.2. The molecule has 1 aliphatic heterocycles. The van der Waals surface area contributed by atoms with Crippen LogP contribution in [-0.4, -0.2) is 37.0 Å². The van der Waals surface area contributed by atoms with Gasteiger partial charge >= 0.3 is 6.18 Å². The van der Waals surface area contributed by atoms with Crippen molar-refractivity contribution in [3.63, 3.8) is 0 Å². The maximum absolute atomic E-state index is 14.1. The smallest absolute Gasteiger partial charge is 0.419 e. The van der Waals surface area contributed by atoms with Crippen LogP contribution >= 0.6 is 11.6 Å². The van der Waals surface area contributed by atoms with Crippen LogP contribution in [0.2, 0.25) is 5.02 Å². The molecule has 0 aromatic heterocycles. The van der Waals surface area contributed by atoms with E-state index in [-0.39, 0.29) is 36.4 Å². The topological polar surface area (TPSA) is 79.5 Å². The standard InChI is InChI=1S/C21H19ClF5N3O3/c22-14-6-5-12(8-15(14)23)33-10-18(31)29-11-4-7-17(28-9-11)20(32)30-16-3-1-2-13(19(16)24)21(25,26)27/h1-3,5-6,8,11,17,28H,4,7,9-10H2,(H,29,31)(H,30,32). The molecule has 2 aromatic rings. The number of carbonyl (C=O) groups excluding carboxylic acids is 2. The number of anilines is 1. The fraction of sp³-hybridized carbons (Fsp3) is 0.333. The number of benzene rings is 2. The fourth-order valence-electron chi connectivity index (χ4n) is 3.26. The molecule has 1 aliphatic rings. The van der Waals surface area contributed by atoms with E-state index in [2.05, 4.69) is 16.0 Å². The first-order chi connectivity index (χ1) is 15.5. The lowest BCUT2D eigenvalue weighted by molar-refractivity contribution is -0.140. The quantitative estimate of drug-likeness (QED) is 0.536. The van der Waals surface area contributed by atoms with E-state index < -0.39 is 46.9 Å². The van der Waals surface area contributed by atoms with E-state index in [4.69, 9.17) is 16.3 Å². The second kappa shape index (κ2) is 10.3. The van der Waals surface area contributed by atoms with Gasteiger partial charge in [-0.15, -0.1) is 0 Å². The molecule has 3 rings (SSSR count). The van der Waals surface area contributed by atoms with Gasteiger partial charge in [-0.25, -0.2) is 8.78 Å². The number of rotatable bonds is 6. The second-order valence-electron chi connectivity index (χ2n) is 7.32. The van der Waals surface area contributed by atoms with Gasteiger partial charge in [0.15, 0.2) is 12.4 Å². The summed E-state index contributed by atoms with van der Waals surface area (Å²) >= 11 is 5.58. The van der Waals surface area contributed by atoms with Gasteiger partial charge < -0.3 is 20.7 Å². The molecule has 6 nitrogen and oxygen atoms in total. The van der Waals surface area contributed by atoms with Crippen molar-refractivity contribution in [2.45, 2.75) is 31.1 Å². The number of piperidine rings is 1. The Morgan fingerprint density at radius 1 is 1.15 bits per heavy atom. The normalized spacial score (nSPS) is 18.5. The highest BCUT2D eigenvalue weighted by Crippen LogP contribution is 2.34. The predicted molar refractivity (Wildman–Crippen MR) is 110 cm³/mol. The molecule has 2 amide bonds. The molecular weight excluding hydrogens is 473 g/mol. The summed E-state index contributed by atoms with van der Waals surface area (Å²) in [7, 11) is 0. The van der Waals surface area contributed by atoms with Crippen molar-refractivity contribution in [2.75, 3.05) is 18.5 Å². The van der Waals surface area contributed by atoms with Crippen molar-refractivity contribution in [2.24, 2.45) is 0 Å². The monoisotopic (exact) mass is 491 g/mol. The Labute approximate surface area is 190 Å². The van der Waals surface area contributed by atoms with Crippen LogP contribution in [-0.2, 0) is 15.8 Å². The van der Waals surface area contributed by atoms with E-state index in [0.717, 1.165) is 18.2 Å². The largest absolute Gasteiger partial charge is 0.484 e. The number of amides is 2. The first kappa shape index (κ1) is 24.7. The number of ether oxygens (including phenoxy) is 1. The van der Waals surface area contributed by atoms with Gasteiger partial charge in [0.2, 0.25) is 5.91 Å². The van der Waals surface area contributed by atoms with Crippen LogP contribution in [0, 0.1) is 11.6 Å². The van der Waals surface area contributed by atoms with E-state index in [1.54, 1.807) is 0 Å². The third-order valence-corrected chi connectivity index (χ3v) is 5.23. The van der Waals surface area contributed by atoms with Crippen molar-refractivity contribution in [3.05, 3.63) is 58.6 Å². The summed E-state index contributed by atoms with van der Waals surface area (Å²) in [4.78, 5) is 24.4. The number of nitrogens with one attached hydrogen (secondary N) is 3. The fourth-order valence-corrected chi connectivity index (χ4v) is 3.37. The summed E-state index contributed by atoms with van der Waals surface area (Å²) in [6.45, 7) is -0.166. The molecule has 2 atom stereocenters. The third-order valence-electron chi connectivity index (χ3n) is 4.92. The third kappa shape index (κ3) is 6.55. The molecular formula is C21H19ClF5N3O3. The average Bonchev–Trinajstić information content (AvgIpc) is 2.75. The summed E-state index contributed by atoms with van der Waals surface area (Å²) < 4.78 is 71.2. The molecule has 0 aliphatic carbocycles. The van der Waals surface area contributed by atoms with Crippen LogP contribution in [0.4, 0.5) is 27.6 Å². The highest BCUT2D eigenvalue weighted by atomic mass is 35.5. The molecule has 0 bridgehead atoms. The van der Waals surface area contributed by atoms with Gasteiger partial charge in [0.05, 0.1) is 22.3 Å². The summed E-state index contributed by atoms with van der Waals surface area (Å²) in [5.41, 5.74) is -2.04. The molecule has 0 radical (unpaired) electrons. The van der Waals surface area contributed by atoms with E-state index in [0.29, 0.717) is 12.5 Å². The van der Waals surface area contributed by atoms with Gasteiger partial charge in [-0.3, -0.25) is 9.59 Å². The van der Waals surface area contributed by atoms with Crippen molar-refractivity contribution in [1.29, 1.82) is 0 Å². The molecule has 33 heavy (non-hydrogen) atoms. The average molecular weight is 492 g/mol. The first-order valence-electron chi connectivity index (χ1n) is 9.81. The lowest BCUT2D eigenvalue weighted by atomic mass is 10.00. The number of alkyl halides is 3. The Kier molecular flexibility index (Phi) is 7.75. The predicted octanol–water partition coefficient (Wildman–Crippen LogP) is 3.89. The van der Waals surface area contributed by atoms with E-state index in [1.165, 1.54) is 12.1 Å². The van der Waals surface area contributed by atoms with Gasteiger partial charge in [0, 0.05) is 18.7 Å². The van der Waals surface area contributed by atoms with Crippen LogP contribution in [0.3, 0.4) is 0 Å². The second-order valence-corrected chi connectivity index (χ2v) is 7.73. The molecule has 2 aromatic carbocycles. The van der Waals surface area contributed by atoms with E-state index in [1.807, 2.05) is 0 Å². The van der Waals surface area contributed by atoms with Gasteiger partial charge in [-0.2, -0.15) is 13.2 Å². The Balaban J connectivity index is 1.46. The Morgan fingerprint density at radius 3 is 2.55 bits per heavy atom. The van der Waals surface area contributed by atoms with Crippen LogP contribution in [0.15, 0.2) is 36.4 Å². The SMILES string of the molecule is O=C(COc1ccc(Cl)c(F)c1)NC1CCC(C(=O)Nc2cccc(C(F)(F)F)c2F)NC1. The molecule has 2 unspecified atom stereocenters. The zero-order chi connectivity index (χ0) is 24.2. The molecule has 12 heteroatoms. The Morgan fingerprint density at radius 2 is 1.91 bits per heavy atom. The Hall–Kier alpha value is -2.92. The molecule has 3 N–H and O–H groups in total. The van der Waals surface area contributed by atoms with Crippen molar-refractivity contribution in [1.82, 2.24) is 10.6 Å². The zero-order valence-corrected chi connectivity index (χ0v) is 17.7. The van der Waals surface area contributed by atoms with Crippen LogP contribution in [0.5, 0.6) is 5.75 Å². The summed E-state index contributed by atoms with van der Waals surface area (Å²) in [5, 5.41) is 7.66. The maximum Gasteiger partial charge on any atom is 0.419 e. The highest BCUT2D eigenvalue weighted by molar-refractivity contribution is 6.30. The van der Waals surface area contributed by atoms with Crippen LogP contribution in [0.25, 0.3) is 0 Å². The van der Waals surface area contributed by atoms with Crippen molar-refractivity contribution >= 4 is 29.1 Å². The minimum atomic E-state index is -4.88. The van der Waals surface area contributed by atoms with Crippen LogP contribution < -0.4 is 20.7 Å². The lowest BCUT2D eigenvalue weighted by Crippen LogP contribution is -2.53. The summed E-state index contributed by atoms with van der Waals surface area (Å²) in [6, 6.07) is 5.28. The number of hydrogen-bond acceptors (Lipinski definition) is 4. The molecule has 0 saturated carbocycles. The number of halogens is 6. The van der Waals surface area contributed by atoms with Crippen molar-refractivity contribution < 1.29 is 36.3 Å². The molecule has 1 heterocycles.